The van der Waals surface area contributed by atoms with Crippen molar-refractivity contribution in [1.29, 1.82) is 0 Å². The molecule has 1 aromatic rings. The monoisotopic (exact) mass is 409 g/mol. The number of halogens is 2. The zero-order valence-electron chi connectivity index (χ0n) is 17.2. The lowest BCUT2D eigenvalue weighted by molar-refractivity contribution is -0.140. The summed E-state index contributed by atoms with van der Waals surface area (Å²) in [6.07, 6.45) is 1.06. The van der Waals surface area contributed by atoms with E-state index in [1.807, 2.05) is 0 Å². The van der Waals surface area contributed by atoms with Crippen LogP contribution in [0, 0.1) is 17.6 Å². The molecule has 0 spiro atoms. The third-order valence-electron chi connectivity index (χ3n) is 5.03. The molecular formula is C21H29F2N3O3. The summed E-state index contributed by atoms with van der Waals surface area (Å²) in [5, 5.41) is 2.47. The van der Waals surface area contributed by atoms with Crippen LogP contribution in [0.2, 0.25) is 0 Å². The Morgan fingerprint density at radius 2 is 1.52 bits per heavy atom. The van der Waals surface area contributed by atoms with Crippen LogP contribution in [-0.2, 0) is 14.4 Å². The topological polar surface area (TPSA) is 69.7 Å². The number of amides is 3. The zero-order chi connectivity index (χ0) is 21.6. The molecule has 160 valence electrons. The number of nitrogens with one attached hydrogen (secondary N) is 1. The number of carbonyl (C=O) groups excluding carboxylic acids is 3. The van der Waals surface area contributed by atoms with Gasteiger partial charge in [-0.15, -0.1) is 0 Å². The lowest BCUT2D eigenvalue weighted by Crippen LogP contribution is -2.51. The van der Waals surface area contributed by atoms with Gasteiger partial charge in [-0.05, 0) is 24.5 Å². The van der Waals surface area contributed by atoms with E-state index in [9.17, 15) is 23.2 Å². The molecule has 1 aliphatic heterocycles. The number of rotatable bonds is 7. The van der Waals surface area contributed by atoms with Crippen molar-refractivity contribution >= 4 is 17.7 Å². The summed E-state index contributed by atoms with van der Waals surface area (Å²) in [5.41, 5.74) is -0.321. The van der Waals surface area contributed by atoms with Gasteiger partial charge in [0.15, 0.2) is 0 Å². The van der Waals surface area contributed by atoms with Crippen molar-refractivity contribution in [2.24, 2.45) is 5.92 Å². The summed E-state index contributed by atoms with van der Waals surface area (Å²) in [5.74, 6) is -1.89. The molecule has 1 fully saturated rings. The molecule has 29 heavy (non-hydrogen) atoms. The van der Waals surface area contributed by atoms with Gasteiger partial charge in [0.1, 0.15) is 11.6 Å². The molecule has 1 saturated heterocycles. The predicted molar refractivity (Wildman–Crippen MR) is 105 cm³/mol. The van der Waals surface area contributed by atoms with Crippen molar-refractivity contribution in [3.63, 3.8) is 0 Å². The van der Waals surface area contributed by atoms with Gasteiger partial charge in [0.2, 0.25) is 17.7 Å². The van der Waals surface area contributed by atoms with E-state index in [-0.39, 0.29) is 23.8 Å². The van der Waals surface area contributed by atoms with Crippen molar-refractivity contribution in [2.75, 3.05) is 26.2 Å². The lowest BCUT2D eigenvalue weighted by Gasteiger charge is -2.35. The van der Waals surface area contributed by atoms with Crippen molar-refractivity contribution in [3.8, 4) is 0 Å². The van der Waals surface area contributed by atoms with Crippen LogP contribution in [0.5, 0.6) is 0 Å². The number of nitrogens with zero attached hydrogens (tertiary/aromatic N) is 2. The highest BCUT2D eigenvalue weighted by atomic mass is 19.1. The smallest absolute Gasteiger partial charge is 0.225 e. The maximum absolute atomic E-state index is 14.2. The summed E-state index contributed by atoms with van der Waals surface area (Å²) >= 11 is 0. The molecule has 6 nitrogen and oxygen atoms in total. The van der Waals surface area contributed by atoms with Gasteiger partial charge in [0.05, 0.1) is 12.5 Å². The van der Waals surface area contributed by atoms with Crippen LogP contribution in [0.3, 0.4) is 0 Å². The molecule has 0 radical (unpaired) electrons. The van der Waals surface area contributed by atoms with Crippen molar-refractivity contribution in [2.45, 2.75) is 46.1 Å². The molecule has 0 aliphatic carbocycles. The van der Waals surface area contributed by atoms with Crippen LogP contribution in [0.25, 0.3) is 0 Å². The van der Waals surface area contributed by atoms with E-state index >= 15 is 0 Å². The molecule has 0 saturated carbocycles. The Morgan fingerprint density at radius 3 is 2.00 bits per heavy atom. The van der Waals surface area contributed by atoms with E-state index in [4.69, 9.17) is 0 Å². The average Bonchev–Trinajstić information content (AvgIpc) is 2.65. The van der Waals surface area contributed by atoms with Crippen LogP contribution in [-0.4, -0.2) is 53.7 Å². The Balaban J connectivity index is 1.99. The lowest BCUT2D eigenvalue weighted by atomic mass is 10.0. The van der Waals surface area contributed by atoms with E-state index in [1.165, 1.54) is 13.0 Å². The highest BCUT2D eigenvalue weighted by Crippen LogP contribution is 2.24. The molecule has 0 bridgehead atoms. The maximum Gasteiger partial charge on any atom is 0.225 e. The van der Waals surface area contributed by atoms with Crippen molar-refractivity contribution in [3.05, 3.63) is 35.4 Å². The summed E-state index contributed by atoms with van der Waals surface area (Å²) < 4.78 is 28.3. The minimum atomic E-state index is -1.09. The van der Waals surface area contributed by atoms with Gasteiger partial charge in [-0.2, -0.15) is 0 Å². The summed E-state index contributed by atoms with van der Waals surface area (Å²) in [7, 11) is 0. The largest absolute Gasteiger partial charge is 0.349 e. The van der Waals surface area contributed by atoms with Crippen LogP contribution >= 0.6 is 0 Å². The van der Waals surface area contributed by atoms with E-state index in [0.717, 1.165) is 18.6 Å². The third-order valence-corrected chi connectivity index (χ3v) is 5.03. The standard InChI is InChI=1S/C21H29F2N3O3/c1-14(2)7-8-19(28)25-9-11-26(12-10-25)20(29)13-18(24-15(3)27)21-16(22)5-4-6-17(21)23/h4-6,14,18H,7-13H2,1-3H3,(H,24,27). The number of piperazine rings is 1. The van der Waals surface area contributed by atoms with E-state index in [0.29, 0.717) is 38.5 Å². The zero-order valence-corrected chi connectivity index (χ0v) is 17.2. The second kappa shape index (κ2) is 10.3. The van der Waals surface area contributed by atoms with Crippen LogP contribution in [0.4, 0.5) is 8.78 Å². The van der Waals surface area contributed by atoms with Gasteiger partial charge in [0, 0.05) is 45.1 Å². The van der Waals surface area contributed by atoms with Gasteiger partial charge in [0.25, 0.3) is 0 Å². The number of benzene rings is 1. The van der Waals surface area contributed by atoms with Gasteiger partial charge >= 0.3 is 0 Å². The summed E-state index contributed by atoms with van der Waals surface area (Å²) in [4.78, 5) is 39.8. The molecule has 1 aliphatic rings. The average molecular weight is 409 g/mol. The molecule has 1 N–H and O–H groups in total. The summed E-state index contributed by atoms with van der Waals surface area (Å²) in [6.45, 7) is 6.94. The Bertz CT molecular complexity index is 726. The molecule has 1 atom stereocenters. The molecule has 1 unspecified atom stereocenters. The third kappa shape index (κ3) is 6.51. The Kier molecular flexibility index (Phi) is 8.10. The first-order valence-corrected chi connectivity index (χ1v) is 9.95. The minimum Gasteiger partial charge on any atom is -0.349 e. The summed E-state index contributed by atoms with van der Waals surface area (Å²) in [6, 6.07) is 2.33. The molecule has 2 rings (SSSR count). The minimum absolute atomic E-state index is 0.0790. The molecular weight excluding hydrogens is 380 g/mol. The fraction of sp³-hybridized carbons (Fsp3) is 0.571. The van der Waals surface area contributed by atoms with Crippen molar-refractivity contribution in [1.82, 2.24) is 15.1 Å². The van der Waals surface area contributed by atoms with Crippen LogP contribution in [0.15, 0.2) is 18.2 Å². The van der Waals surface area contributed by atoms with E-state index in [1.54, 1.807) is 9.80 Å². The number of carbonyl (C=O) groups is 3. The number of hydrogen-bond donors (Lipinski definition) is 1. The predicted octanol–water partition coefficient (Wildman–Crippen LogP) is 2.64. The van der Waals surface area contributed by atoms with Crippen LogP contribution < -0.4 is 5.32 Å². The van der Waals surface area contributed by atoms with Gasteiger partial charge in [-0.3, -0.25) is 14.4 Å². The van der Waals surface area contributed by atoms with Gasteiger partial charge in [-0.25, -0.2) is 8.78 Å². The molecule has 1 heterocycles. The quantitative estimate of drug-likeness (QED) is 0.753. The normalized spacial score (nSPS) is 15.4. The second-order valence-corrected chi connectivity index (χ2v) is 7.79. The molecule has 3 amide bonds. The fourth-order valence-electron chi connectivity index (χ4n) is 3.39. The Hall–Kier alpha value is -2.51. The SMILES string of the molecule is CC(=O)NC(CC(=O)N1CCN(C(=O)CCC(C)C)CC1)c1c(F)cccc1F. The highest BCUT2D eigenvalue weighted by Gasteiger charge is 2.29. The second-order valence-electron chi connectivity index (χ2n) is 7.79. The number of hydrogen-bond acceptors (Lipinski definition) is 3. The van der Waals surface area contributed by atoms with Gasteiger partial charge < -0.3 is 15.1 Å². The highest BCUT2D eigenvalue weighted by molar-refractivity contribution is 5.80. The molecule has 1 aromatic carbocycles. The first-order valence-electron chi connectivity index (χ1n) is 9.95. The molecule has 8 heteroatoms. The Morgan fingerprint density at radius 1 is 1.00 bits per heavy atom. The van der Waals surface area contributed by atoms with Crippen LogP contribution in [0.1, 0.15) is 51.6 Å². The maximum atomic E-state index is 14.2. The van der Waals surface area contributed by atoms with Gasteiger partial charge in [-0.1, -0.05) is 19.9 Å². The van der Waals surface area contributed by atoms with Crippen molar-refractivity contribution < 1.29 is 23.2 Å². The first kappa shape index (κ1) is 22.8. The van der Waals surface area contributed by atoms with E-state index in [2.05, 4.69) is 19.2 Å². The Labute approximate surface area is 170 Å². The molecule has 0 aromatic heterocycles. The van der Waals surface area contributed by atoms with E-state index < -0.39 is 23.6 Å². The fourth-order valence-corrected chi connectivity index (χ4v) is 3.39. The first-order chi connectivity index (χ1) is 13.7.